The monoisotopic (exact) mass is 466 g/mol. The maximum atomic E-state index is 12.5. The van der Waals surface area contributed by atoms with Crippen LogP contribution in [-0.4, -0.2) is 69.0 Å². The quantitative estimate of drug-likeness (QED) is 0.569. The zero-order chi connectivity index (χ0) is 22.7. The third-order valence-electron chi connectivity index (χ3n) is 6.81. The Morgan fingerprint density at radius 3 is 2.67 bits per heavy atom. The molecule has 11 heteroatoms. The standard InChI is InChI=1S/C22H23ClN8O2/c1-14-19-26-27-20(29-12-22(13-29)10-28(11-22)18-8-24-5-6-25-18)31(19)17-4-3-16(23)7-15(17)9-30(14)21(32)33-2/h3-8,14H,9-13H2,1-2H3. The molecular formula is C22H23ClN8O2. The minimum Gasteiger partial charge on any atom is -0.453 e. The highest BCUT2D eigenvalue weighted by Crippen LogP contribution is 2.44. The summed E-state index contributed by atoms with van der Waals surface area (Å²) in [5.41, 5.74) is 2.08. The molecule has 5 heterocycles. The number of anilines is 2. The van der Waals surface area contributed by atoms with Crippen LogP contribution < -0.4 is 9.80 Å². The van der Waals surface area contributed by atoms with Gasteiger partial charge in [0.2, 0.25) is 5.95 Å². The molecule has 2 saturated heterocycles. The van der Waals surface area contributed by atoms with Crippen molar-refractivity contribution in [3.63, 3.8) is 0 Å². The van der Waals surface area contributed by atoms with Crippen molar-refractivity contribution in [2.75, 3.05) is 43.1 Å². The number of hydrogen-bond donors (Lipinski definition) is 0. The van der Waals surface area contributed by atoms with Crippen molar-refractivity contribution in [3.8, 4) is 5.69 Å². The second kappa shape index (κ2) is 7.31. The molecule has 170 valence electrons. The number of aromatic nitrogens is 5. The molecule has 1 atom stereocenters. The molecule has 1 amide bonds. The van der Waals surface area contributed by atoms with Gasteiger partial charge >= 0.3 is 6.09 Å². The van der Waals surface area contributed by atoms with Crippen LogP contribution in [-0.2, 0) is 11.3 Å². The summed E-state index contributed by atoms with van der Waals surface area (Å²) in [5.74, 6) is 2.41. The van der Waals surface area contributed by atoms with Gasteiger partial charge in [0.15, 0.2) is 5.82 Å². The predicted molar refractivity (Wildman–Crippen MR) is 122 cm³/mol. The Morgan fingerprint density at radius 2 is 1.94 bits per heavy atom. The topological polar surface area (TPSA) is 92.5 Å². The number of fused-ring (bicyclic) bond motifs is 3. The summed E-state index contributed by atoms with van der Waals surface area (Å²) in [6.07, 6.45) is 4.81. The average Bonchev–Trinajstić information content (AvgIpc) is 3.15. The Morgan fingerprint density at radius 1 is 1.15 bits per heavy atom. The summed E-state index contributed by atoms with van der Waals surface area (Å²) in [7, 11) is 1.39. The zero-order valence-corrected chi connectivity index (χ0v) is 19.1. The zero-order valence-electron chi connectivity index (χ0n) is 18.3. The van der Waals surface area contributed by atoms with Crippen molar-refractivity contribution in [1.82, 2.24) is 29.6 Å². The maximum absolute atomic E-state index is 12.5. The van der Waals surface area contributed by atoms with E-state index >= 15 is 0 Å². The molecule has 1 unspecified atom stereocenters. The van der Waals surface area contributed by atoms with Gasteiger partial charge in [0.1, 0.15) is 5.82 Å². The third kappa shape index (κ3) is 3.12. The third-order valence-corrected chi connectivity index (χ3v) is 7.04. The van der Waals surface area contributed by atoms with Gasteiger partial charge in [-0.2, -0.15) is 0 Å². The van der Waals surface area contributed by atoms with Gasteiger partial charge in [-0.05, 0) is 30.7 Å². The van der Waals surface area contributed by atoms with Crippen LogP contribution in [0.5, 0.6) is 0 Å². The molecule has 1 aromatic carbocycles. The summed E-state index contributed by atoms with van der Waals surface area (Å²) in [6, 6.07) is 5.40. The van der Waals surface area contributed by atoms with Crippen LogP contribution in [0.2, 0.25) is 5.02 Å². The van der Waals surface area contributed by atoms with E-state index < -0.39 is 6.09 Å². The summed E-state index contributed by atoms with van der Waals surface area (Å²) >= 11 is 6.30. The molecule has 0 radical (unpaired) electrons. The fourth-order valence-electron chi connectivity index (χ4n) is 5.18. The van der Waals surface area contributed by atoms with Gasteiger partial charge in [-0.25, -0.2) is 9.78 Å². The minimum absolute atomic E-state index is 0.223. The summed E-state index contributed by atoms with van der Waals surface area (Å²) in [4.78, 5) is 27.2. The van der Waals surface area contributed by atoms with Gasteiger partial charge in [0.25, 0.3) is 0 Å². The molecule has 3 aromatic rings. The van der Waals surface area contributed by atoms with Crippen molar-refractivity contribution >= 4 is 29.5 Å². The van der Waals surface area contributed by atoms with Crippen molar-refractivity contribution in [2.45, 2.75) is 19.5 Å². The molecule has 0 aliphatic carbocycles. The van der Waals surface area contributed by atoms with Crippen LogP contribution >= 0.6 is 11.6 Å². The van der Waals surface area contributed by atoms with Crippen molar-refractivity contribution in [1.29, 1.82) is 0 Å². The number of nitrogens with zero attached hydrogens (tertiary/aromatic N) is 8. The first-order valence-corrected chi connectivity index (χ1v) is 11.2. The van der Waals surface area contributed by atoms with E-state index in [2.05, 4.69) is 34.5 Å². The smallest absolute Gasteiger partial charge is 0.410 e. The predicted octanol–water partition coefficient (Wildman–Crippen LogP) is 2.68. The second-order valence-electron chi connectivity index (χ2n) is 9.02. The van der Waals surface area contributed by atoms with Crippen molar-refractivity contribution < 1.29 is 9.53 Å². The highest BCUT2D eigenvalue weighted by atomic mass is 35.5. The number of rotatable bonds is 2. The van der Waals surface area contributed by atoms with E-state index in [4.69, 9.17) is 16.3 Å². The van der Waals surface area contributed by atoms with Crippen molar-refractivity contribution in [3.05, 3.63) is 53.2 Å². The number of amides is 1. The lowest BCUT2D eigenvalue weighted by Crippen LogP contribution is -2.73. The van der Waals surface area contributed by atoms with Crippen LogP contribution in [0.15, 0.2) is 36.8 Å². The number of carbonyl (C=O) groups is 1. The van der Waals surface area contributed by atoms with E-state index in [0.717, 1.165) is 49.2 Å². The molecule has 2 fully saturated rings. The maximum Gasteiger partial charge on any atom is 0.410 e. The molecular weight excluding hydrogens is 444 g/mol. The Balaban J connectivity index is 1.30. The first-order chi connectivity index (χ1) is 16.0. The number of methoxy groups -OCH3 is 1. The molecule has 0 bridgehead atoms. The number of hydrogen-bond acceptors (Lipinski definition) is 8. The largest absolute Gasteiger partial charge is 0.453 e. The van der Waals surface area contributed by atoms with E-state index in [-0.39, 0.29) is 11.5 Å². The lowest BCUT2D eigenvalue weighted by Gasteiger charge is -2.60. The summed E-state index contributed by atoms with van der Waals surface area (Å²) in [5, 5.41) is 9.66. The average molecular weight is 467 g/mol. The number of halogens is 1. The minimum atomic E-state index is -0.409. The van der Waals surface area contributed by atoms with E-state index in [1.807, 2.05) is 25.1 Å². The van der Waals surface area contributed by atoms with Crippen LogP contribution in [0.4, 0.5) is 16.6 Å². The number of ether oxygens (including phenoxy) is 1. The molecule has 1 spiro atoms. The first-order valence-electron chi connectivity index (χ1n) is 10.8. The Bertz CT molecular complexity index is 1220. The van der Waals surface area contributed by atoms with Crippen LogP contribution in [0.1, 0.15) is 24.4 Å². The number of carbonyl (C=O) groups excluding carboxylic acids is 1. The fourth-order valence-corrected chi connectivity index (χ4v) is 5.37. The van der Waals surface area contributed by atoms with Gasteiger partial charge in [0.05, 0.1) is 31.6 Å². The van der Waals surface area contributed by atoms with Crippen LogP contribution in [0, 0.1) is 5.41 Å². The summed E-state index contributed by atoms with van der Waals surface area (Å²) in [6.45, 7) is 5.99. The molecule has 3 aliphatic heterocycles. The molecule has 0 saturated carbocycles. The highest BCUT2D eigenvalue weighted by Gasteiger charge is 2.53. The lowest BCUT2D eigenvalue weighted by molar-refractivity contribution is 0.103. The lowest BCUT2D eigenvalue weighted by atomic mass is 9.73. The van der Waals surface area contributed by atoms with E-state index in [0.29, 0.717) is 17.4 Å². The Kier molecular flexibility index (Phi) is 4.48. The Labute approximate surface area is 195 Å². The van der Waals surface area contributed by atoms with Crippen molar-refractivity contribution in [2.24, 2.45) is 5.41 Å². The fraction of sp³-hybridized carbons (Fsp3) is 0.409. The molecule has 33 heavy (non-hydrogen) atoms. The van der Waals surface area contributed by atoms with E-state index in [9.17, 15) is 4.79 Å². The van der Waals surface area contributed by atoms with E-state index in [1.54, 1.807) is 23.5 Å². The van der Waals surface area contributed by atoms with Gasteiger partial charge in [-0.1, -0.05) is 11.6 Å². The molecule has 6 rings (SSSR count). The SMILES string of the molecule is COC(=O)N1Cc2cc(Cl)ccc2-n2c(nnc2N2CC3(CN(c4cnccn4)C3)C2)C1C. The summed E-state index contributed by atoms with van der Waals surface area (Å²) < 4.78 is 7.09. The molecule has 3 aliphatic rings. The van der Waals surface area contributed by atoms with E-state index in [1.165, 1.54) is 7.11 Å². The molecule has 2 aromatic heterocycles. The second-order valence-corrected chi connectivity index (χ2v) is 9.45. The van der Waals surface area contributed by atoms with Gasteiger partial charge in [0, 0.05) is 49.0 Å². The van der Waals surface area contributed by atoms with Gasteiger partial charge in [-0.15, -0.1) is 10.2 Å². The number of benzene rings is 1. The van der Waals surface area contributed by atoms with Gasteiger partial charge < -0.3 is 14.5 Å². The van der Waals surface area contributed by atoms with Crippen LogP contribution in [0.25, 0.3) is 5.69 Å². The Hall–Kier alpha value is -3.40. The molecule has 0 N–H and O–H groups in total. The van der Waals surface area contributed by atoms with Crippen LogP contribution in [0.3, 0.4) is 0 Å². The molecule has 10 nitrogen and oxygen atoms in total. The van der Waals surface area contributed by atoms with Gasteiger partial charge in [-0.3, -0.25) is 14.5 Å². The normalized spacial score (nSPS) is 20.5. The first kappa shape index (κ1) is 20.2. The highest BCUT2D eigenvalue weighted by molar-refractivity contribution is 6.30.